The van der Waals surface area contributed by atoms with E-state index in [4.69, 9.17) is 4.74 Å². The van der Waals surface area contributed by atoms with Gasteiger partial charge in [0.05, 0.1) is 22.4 Å². The summed E-state index contributed by atoms with van der Waals surface area (Å²) in [5.74, 6) is -0.382. The number of pyridine rings is 1. The van der Waals surface area contributed by atoms with Crippen LogP contribution in [-0.4, -0.2) is 41.8 Å². The molecule has 4 heterocycles. The van der Waals surface area contributed by atoms with Crippen molar-refractivity contribution in [1.82, 2.24) is 9.30 Å². The maximum absolute atomic E-state index is 12.4. The van der Waals surface area contributed by atoms with E-state index in [0.29, 0.717) is 11.1 Å². The summed E-state index contributed by atoms with van der Waals surface area (Å²) in [5, 5.41) is 9.40. The summed E-state index contributed by atoms with van der Waals surface area (Å²) in [6.07, 6.45) is 8.05. The quantitative estimate of drug-likeness (QED) is 0.742. The molecule has 0 bridgehead atoms. The van der Waals surface area contributed by atoms with Gasteiger partial charge in [0.15, 0.2) is 0 Å². The molecule has 0 radical (unpaired) electrons. The highest BCUT2D eigenvalue weighted by molar-refractivity contribution is 7.90. The average Bonchev–Trinajstić information content (AvgIpc) is 3.02. The zero-order valence-corrected chi connectivity index (χ0v) is 14.9. The second-order valence-corrected chi connectivity index (χ2v) is 7.81. The lowest BCUT2D eigenvalue weighted by Crippen LogP contribution is -2.37. The number of hydrogen-bond acceptors (Lipinski definition) is 6. The van der Waals surface area contributed by atoms with Gasteiger partial charge in [-0.05, 0) is 24.3 Å². The van der Waals surface area contributed by atoms with Crippen molar-refractivity contribution < 1.29 is 17.9 Å². The predicted octanol–water partition coefficient (Wildman–Crippen LogP) is 1.35. The molecular weight excluding hydrogens is 368 g/mol. The molecule has 0 saturated carbocycles. The Hall–Kier alpha value is -3.38. The van der Waals surface area contributed by atoms with Crippen LogP contribution in [-0.2, 0) is 26.2 Å². The summed E-state index contributed by atoms with van der Waals surface area (Å²) < 4.78 is 33.9. The van der Waals surface area contributed by atoms with Crippen LogP contribution in [0, 0.1) is 11.3 Å². The molecule has 0 amide bonds. The number of sulfonamides is 1. The minimum Gasteiger partial charge on any atom is -0.457 e. The Labute approximate surface area is 155 Å². The first kappa shape index (κ1) is 17.1. The van der Waals surface area contributed by atoms with Gasteiger partial charge in [-0.1, -0.05) is 6.07 Å². The molecule has 0 aromatic carbocycles. The van der Waals surface area contributed by atoms with Crippen molar-refractivity contribution >= 4 is 27.3 Å². The van der Waals surface area contributed by atoms with Gasteiger partial charge in [0.25, 0.3) is 10.0 Å². The highest BCUT2D eigenvalue weighted by Gasteiger charge is 2.25. The smallest absolute Gasteiger partial charge is 0.339 e. The highest BCUT2D eigenvalue weighted by atomic mass is 32.2. The SMILES string of the molecule is N#Cc1c(COC(=O)C2=CN3CCS(=O)(=O)N=C3C=C2)cn2ccccc12. The molecule has 0 spiro atoms. The molecule has 27 heavy (non-hydrogen) atoms. The Morgan fingerprint density at radius 3 is 3.00 bits per heavy atom. The standard InChI is InChI=1S/C18H14N4O4S/c19-9-15-14(11-21-6-2-1-3-16(15)21)12-26-18(23)13-4-5-17-20-27(24,25)8-7-22(17)10-13/h1-6,10-11H,7-8,12H2. The summed E-state index contributed by atoms with van der Waals surface area (Å²) in [5.41, 5.74) is 2.12. The van der Waals surface area contributed by atoms with Gasteiger partial charge in [-0.15, -0.1) is 4.40 Å². The summed E-state index contributed by atoms with van der Waals surface area (Å²) >= 11 is 0. The number of amidine groups is 1. The molecule has 0 unspecified atom stereocenters. The Kier molecular flexibility index (Phi) is 4.05. The Morgan fingerprint density at radius 2 is 2.19 bits per heavy atom. The monoisotopic (exact) mass is 382 g/mol. The molecule has 2 aromatic heterocycles. The van der Waals surface area contributed by atoms with E-state index in [0.717, 1.165) is 5.52 Å². The Balaban J connectivity index is 1.51. The first-order chi connectivity index (χ1) is 13.0. The van der Waals surface area contributed by atoms with Crippen LogP contribution in [0.25, 0.3) is 5.52 Å². The normalized spacial score (nSPS) is 17.7. The number of fused-ring (bicyclic) bond motifs is 2. The van der Waals surface area contributed by atoms with Crippen LogP contribution in [0.1, 0.15) is 11.1 Å². The van der Waals surface area contributed by atoms with Crippen molar-refractivity contribution in [2.24, 2.45) is 4.40 Å². The first-order valence-corrected chi connectivity index (χ1v) is 9.73. The molecule has 2 aliphatic rings. The highest BCUT2D eigenvalue weighted by Crippen LogP contribution is 2.20. The third-order valence-corrected chi connectivity index (χ3v) is 5.46. The second-order valence-electron chi connectivity index (χ2n) is 6.06. The number of nitrogens with zero attached hydrogens (tertiary/aromatic N) is 4. The molecule has 136 valence electrons. The number of hydrogen-bond donors (Lipinski definition) is 0. The van der Waals surface area contributed by atoms with Crippen LogP contribution < -0.4 is 0 Å². The van der Waals surface area contributed by atoms with E-state index in [1.807, 2.05) is 24.4 Å². The van der Waals surface area contributed by atoms with Crippen LogP contribution in [0.4, 0.5) is 0 Å². The molecule has 0 saturated heterocycles. The van der Waals surface area contributed by atoms with E-state index in [1.165, 1.54) is 18.4 Å². The number of rotatable bonds is 3. The van der Waals surface area contributed by atoms with Gasteiger partial charge < -0.3 is 14.0 Å². The van der Waals surface area contributed by atoms with E-state index in [9.17, 15) is 18.5 Å². The summed E-state index contributed by atoms with van der Waals surface area (Å²) in [4.78, 5) is 14.0. The number of aromatic nitrogens is 1. The number of nitriles is 1. The molecule has 2 aliphatic heterocycles. The van der Waals surface area contributed by atoms with Crippen molar-refractivity contribution in [3.05, 3.63) is 65.6 Å². The van der Waals surface area contributed by atoms with Crippen LogP contribution in [0.5, 0.6) is 0 Å². The number of ether oxygens (including phenoxy) is 1. The average molecular weight is 382 g/mol. The fourth-order valence-electron chi connectivity index (χ4n) is 2.96. The van der Waals surface area contributed by atoms with Crippen LogP contribution in [0.3, 0.4) is 0 Å². The van der Waals surface area contributed by atoms with Gasteiger partial charge in [0, 0.05) is 30.7 Å². The minimum absolute atomic E-state index is 0.0378. The van der Waals surface area contributed by atoms with Crippen molar-refractivity contribution in [2.45, 2.75) is 6.61 Å². The third kappa shape index (κ3) is 3.22. The van der Waals surface area contributed by atoms with Gasteiger partial charge in [-0.25, -0.2) is 13.2 Å². The lowest BCUT2D eigenvalue weighted by Gasteiger charge is -2.26. The van der Waals surface area contributed by atoms with Crippen LogP contribution >= 0.6 is 0 Å². The molecule has 0 fully saturated rings. The molecule has 4 rings (SSSR count). The Morgan fingerprint density at radius 1 is 1.33 bits per heavy atom. The van der Waals surface area contributed by atoms with E-state index >= 15 is 0 Å². The number of carbonyl (C=O) groups excluding carboxylic acids is 1. The lowest BCUT2D eigenvalue weighted by molar-refractivity contribution is -0.139. The Bertz CT molecular complexity index is 1180. The van der Waals surface area contributed by atoms with Gasteiger partial charge in [0.1, 0.15) is 18.5 Å². The zero-order valence-electron chi connectivity index (χ0n) is 14.1. The molecule has 8 nitrogen and oxygen atoms in total. The largest absolute Gasteiger partial charge is 0.457 e. The van der Waals surface area contributed by atoms with E-state index in [-0.39, 0.29) is 30.3 Å². The first-order valence-electron chi connectivity index (χ1n) is 8.12. The number of esters is 1. The van der Waals surface area contributed by atoms with Crippen LogP contribution in [0.15, 0.2) is 58.9 Å². The number of carbonyl (C=O) groups is 1. The van der Waals surface area contributed by atoms with Gasteiger partial charge in [-0.3, -0.25) is 0 Å². The third-order valence-electron chi connectivity index (χ3n) is 4.29. The van der Waals surface area contributed by atoms with Crippen molar-refractivity contribution in [3.8, 4) is 6.07 Å². The molecule has 0 N–H and O–H groups in total. The summed E-state index contributed by atoms with van der Waals surface area (Å²) in [7, 11) is -3.44. The maximum Gasteiger partial charge on any atom is 0.339 e. The topological polar surface area (TPSA) is 104 Å². The van der Waals surface area contributed by atoms with Crippen molar-refractivity contribution in [2.75, 3.05) is 12.3 Å². The second kappa shape index (κ2) is 6.41. The fraction of sp³-hybridized carbons (Fsp3) is 0.167. The van der Waals surface area contributed by atoms with Gasteiger partial charge in [0.2, 0.25) is 0 Å². The zero-order chi connectivity index (χ0) is 19.0. The molecule has 2 aromatic rings. The van der Waals surface area contributed by atoms with E-state index in [2.05, 4.69) is 10.5 Å². The fourth-order valence-corrected chi connectivity index (χ4v) is 3.93. The predicted molar refractivity (Wildman–Crippen MR) is 97.1 cm³/mol. The van der Waals surface area contributed by atoms with Crippen LogP contribution in [0.2, 0.25) is 0 Å². The maximum atomic E-state index is 12.4. The molecule has 9 heteroatoms. The lowest BCUT2D eigenvalue weighted by atomic mass is 10.2. The summed E-state index contributed by atoms with van der Waals surface area (Å²) in [6, 6.07) is 7.65. The molecular formula is C18H14N4O4S. The van der Waals surface area contributed by atoms with Gasteiger partial charge in [-0.2, -0.15) is 5.26 Å². The summed E-state index contributed by atoms with van der Waals surface area (Å²) in [6.45, 7) is 0.190. The molecule has 0 atom stereocenters. The van der Waals surface area contributed by atoms with Gasteiger partial charge >= 0.3 is 5.97 Å². The minimum atomic E-state index is -3.44. The van der Waals surface area contributed by atoms with E-state index < -0.39 is 16.0 Å². The van der Waals surface area contributed by atoms with Crippen molar-refractivity contribution in [1.29, 1.82) is 5.26 Å². The van der Waals surface area contributed by atoms with Crippen molar-refractivity contribution in [3.63, 3.8) is 0 Å². The van der Waals surface area contributed by atoms with E-state index in [1.54, 1.807) is 15.5 Å². The molecule has 0 aliphatic carbocycles.